The van der Waals surface area contributed by atoms with Gasteiger partial charge in [-0.15, -0.1) is 0 Å². The summed E-state index contributed by atoms with van der Waals surface area (Å²) in [4.78, 5) is 2.16. The van der Waals surface area contributed by atoms with Crippen molar-refractivity contribution < 1.29 is 4.74 Å². The third kappa shape index (κ3) is 4.90. The van der Waals surface area contributed by atoms with Crippen molar-refractivity contribution >= 4 is 11.4 Å². The van der Waals surface area contributed by atoms with Crippen LogP contribution in [0.4, 0.5) is 5.69 Å². The molecular weight excluding hydrogens is 274 g/mol. The van der Waals surface area contributed by atoms with Crippen LogP contribution in [0.2, 0.25) is 0 Å². The van der Waals surface area contributed by atoms with Crippen LogP contribution in [-0.4, -0.2) is 38.4 Å². The van der Waals surface area contributed by atoms with Crippen LogP contribution in [-0.2, 0) is 0 Å². The lowest BCUT2D eigenvalue weighted by Gasteiger charge is -2.12. The van der Waals surface area contributed by atoms with Gasteiger partial charge in [0.2, 0.25) is 0 Å². The third-order valence-corrected chi connectivity index (χ3v) is 3.31. The molecule has 116 valence electrons. The zero-order valence-corrected chi connectivity index (χ0v) is 13.4. The van der Waals surface area contributed by atoms with Crippen molar-refractivity contribution in [2.45, 2.75) is 6.42 Å². The maximum Gasteiger partial charge on any atom is 0.119 e. The van der Waals surface area contributed by atoms with E-state index in [2.05, 4.69) is 41.7 Å². The lowest BCUT2D eigenvalue weighted by molar-refractivity contribution is 0.415. The molecule has 0 aromatic heterocycles. The van der Waals surface area contributed by atoms with Gasteiger partial charge in [-0.05, 0) is 43.9 Å². The van der Waals surface area contributed by atoms with Gasteiger partial charge in [0, 0.05) is 13.0 Å². The first kappa shape index (κ1) is 16.0. The topological polar surface area (TPSA) is 36.9 Å². The molecule has 0 unspecified atom stereocenters. The molecule has 0 saturated heterocycles. The van der Waals surface area contributed by atoms with Gasteiger partial charge in [-0.25, -0.2) is 0 Å². The smallest absolute Gasteiger partial charge is 0.119 e. The molecule has 0 spiro atoms. The van der Waals surface area contributed by atoms with Crippen LogP contribution in [0.5, 0.6) is 5.75 Å². The Morgan fingerprint density at radius 2 is 1.73 bits per heavy atom. The molecule has 0 atom stereocenters. The second-order valence-corrected chi connectivity index (χ2v) is 5.32. The summed E-state index contributed by atoms with van der Waals surface area (Å²) in [6.07, 6.45) is 0.889. The monoisotopic (exact) mass is 297 g/mol. The Kier molecular flexibility index (Phi) is 5.98. The number of rotatable bonds is 7. The van der Waals surface area contributed by atoms with E-state index in [0.717, 1.165) is 35.7 Å². The van der Waals surface area contributed by atoms with Crippen molar-refractivity contribution in [3.8, 4) is 5.75 Å². The fourth-order valence-corrected chi connectivity index (χ4v) is 2.02. The molecule has 0 aliphatic rings. The van der Waals surface area contributed by atoms with Crippen LogP contribution < -0.4 is 10.2 Å². The summed E-state index contributed by atoms with van der Waals surface area (Å²) < 4.78 is 5.16. The summed E-state index contributed by atoms with van der Waals surface area (Å²) in [6, 6.07) is 18.0. The van der Waals surface area contributed by atoms with E-state index < -0.39 is 0 Å². The van der Waals surface area contributed by atoms with Gasteiger partial charge in [0.05, 0.1) is 18.5 Å². The fraction of sp³-hybridized carbons (Fsp3) is 0.278. The zero-order chi connectivity index (χ0) is 15.8. The van der Waals surface area contributed by atoms with Crippen LogP contribution in [0.15, 0.2) is 59.7 Å². The molecule has 2 rings (SSSR count). The molecule has 2 aromatic carbocycles. The number of methoxy groups -OCH3 is 1. The average molecular weight is 297 g/mol. The normalized spacial score (nSPS) is 11.5. The summed E-state index contributed by atoms with van der Waals surface area (Å²) in [5.41, 5.74) is 6.27. The number of benzene rings is 2. The number of ether oxygens (including phenoxy) is 1. The number of hydrogen-bond acceptors (Lipinski definition) is 4. The molecule has 0 amide bonds. The van der Waals surface area contributed by atoms with Crippen LogP contribution in [0, 0.1) is 0 Å². The van der Waals surface area contributed by atoms with E-state index in [0.29, 0.717) is 0 Å². The van der Waals surface area contributed by atoms with Crippen molar-refractivity contribution in [1.82, 2.24) is 4.90 Å². The largest absolute Gasteiger partial charge is 0.497 e. The molecule has 22 heavy (non-hydrogen) atoms. The third-order valence-electron chi connectivity index (χ3n) is 3.31. The summed E-state index contributed by atoms with van der Waals surface area (Å²) in [5, 5.41) is 4.59. The van der Waals surface area contributed by atoms with Gasteiger partial charge in [-0.1, -0.05) is 30.3 Å². The van der Waals surface area contributed by atoms with Crippen molar-refractivity contribution in [2.75, 3.05) is 33.2 Å². The maximum atomic E-state index is 5.16. The standard InChI is InChI=1S/C18H23N3O/c1-21(2)14-13-18(15-7-5-4-6-8-15)20-19-16-9-11-17(22-3)12-10-16/h4-12,19H,13-14H2,1-3H3/b20-18+. The first-order valence-electron chi connectivity index (χ1n) is 7.36. The summed E-state index contributed by atoms with van der Waals surface area (Å²) in [5.74, 6) is 0.838. The average Bonchev–Trinajstić information content (AvgIpc) is 2.56. The Bertz CT molecular complexity index is 591. The van der Waals surface area contributed by atoms with Crippen LogP contribution in [0.1, 0.15) is 12.0 Å². The zero-order valence-electron chi connectivity index (χ0n) is 13.4. The first-order valence-corrected chi connectivity index (χ1v) is 7.36. The second kappa shape index (κ2) is 8.20. The number of anilines is 1. The number of nitrogens with zero attached hydrogens (tertiary/aromatic N) is 2. The highest BCUT2D eigenvalue weighted by molar-refractivity contribution is 6.01. The Hall–Kier alpha value is -2.33. The molecule has 0 aliphatic carbocycles. The van der Waals surface area contributed by atoms with E-state index >= 15 is 0 Å². The van der Waals surface area contributed by atoms with E-state index in [1.165, 1.54) is 0 Å². The predicted molar refractivity (Wildman–Crippen MR) is 92.8 cm³/mol. The molecule has 0 radical (unpaired) electrons. The highest BCUT2D eigenvalue weighted by Crippen LogP contribution is 2.15. The van der Waals surface area contributed by atoms with Gasteiger partial charge in [0.1, 0.15) is 5.75 Å². The molecule has 0 heterocycles. The van der Waals surface area contributed by atoms with Gasteiger partial charge >= 0.3 is 0 Å². The molecule has 0 saturated carbocycles. The Balaban J connectivity index is 2.12. The minimum Gasteiger partial charge on any atom is -0.497 e. The van der Waals surface area contributed by atoms with E-state index in [1.54, 1.807) is 7.11 Å². The minimum atomic E-state index is 0.838. The molecule has 4 heteroatoms. The van der Waals surface area contributed by atoms with E-state index in [4.69, 9.17) is 4.74 Å². The maximum absolute atomic E-state index is 5.16. The van der Waals surface area contributed by atoms with Crippen LogP contribution in [0.25, 0.3) is 0 Å². The van der Waals surface area contributed by atoms with Crippen LogP contribution in [0.3, 0.4) is 0 Å². The fourth-order valence-electron chi connectivity index (χ4n) is 2.02. The molecule has 1 N–H and O–H groups in total. The number of hydrazone groups is 1. The summed E-state index contributed by atoms with van der Waals surface area (Å²) in [6.45, 7) is 0.956. The van der Waals surface area contributed by atoms with Crippen molar-refractivity contribution in [3.05, 3.63) is 60.2 Å². The minimum absolute atomic E-state index is 0.838. The van der Waals surface area contributed by atoms with Gasteiger partial charge in [-0.3, -0.25) is 5.43 Å². The highest BCUT2D eigenvalue weighted by Gasteiger charge is 2.04. The summed E-state index contributed by atoms with van der Waals surface area (Å²) in [7, 11) is 5.80. The van der Waals surface area contributed by atoms with Crippen LogP contribution >= 0.6 is 0 Å². The van der Waals surface area contributed by atoms with Gasteiger partial charge < -0.3 is 9.64 Å². The van der Waals surface area contributed by atoms with E-state index in [-0.39, 0.29) is 0 Å². The highest BCUT2D eigenvalue weighted by atomic mass is 16.5. The molecule has 2 aromatic rings. The van der Waals surface area contributed by atoms with Gasteiger partial charge in [-0.2, -0.15) is 5.10 Å². The number of nitrogens with one attached hydrogen (secondary N) is 1. The predicted octanol–water partition coefficient (Wildman–Crippen LogP) is 3.46. The molecular formula is C18H23N3O. The molecule has 0 aliphatic heterocycles. The second-order valence-electron chi connectivity index (χ2n) is 5.32. The Morgan fingerprint density at radius 3 is 2.32 bits per heavy atom. The lowest BCUT2D eigenvalue weighted by Crippen LogP contribution is -2.18. The van der Waals surface area contributed by atoms with Crippen molar-refractivity contribution in [3.63, 3.8) is 0 Å². The van der Waals surface area contributed by atoms with E-state index in [1.807, 2.05) is 42.5 Å². The summed E-state index contributed by atoms with van der Waals surface area (Å²) >= 11 is 0. The Morgan fingerprint density at radius 1 is 1.05 bits per heavy atom. The molecule has 0 bridgehead atoms. The molecule has 4 nitrogen and oxygen atoms in total. The Labute approximate surface area is 132 Å². The first-order chi connectivity index (χ1) is 10.7. The van der Waals surface area contributed by atoms with Gasteiger partial charge in [0.25, 0.3) is 0 Å². The number of hydrogen-bond donors (Lipinski definition) is 1. The van der Waals surface area contributed by atoms with Gasteiger partial charge in [0.15, 0.2) is 0 Å². The van der Waals surface area contributed by atoms with Crippen molar-refractivity contribution in [2.24, 2.45) is 5.10 Å². The van der Waals surface area contributed by atoms with Crippen molar-refractivity contribution in [1.29, 1.82) is 0 Å². The lowest BCUT2D eigenvalue weighted by atomic mass is 10.1. The quantitative estimate of drug-likeness (QED) is 0.628. The molecule has 0 fully saturated rings. The van der Waals surface area contributed by atoms with E-state index in [9.17, 15) is 0 Å². The SMILES string of the molecule is COc1ccc(N/N=C(\CCN(C)C)c2ccccc2)cc1.